The average Bonchev–Trinajstić information content (AvgIpc) is 2.96. The molecule has 1 aromatic carbocycles. The molecule has 0 aromatic heterocycles. The van der Waals surface area contributed by atoms with E-state index in [1.54, 1.807) is 6.07 Å². The molecule has 8 nitrogen and oxygen atoms in total. The SMILES string of the molecule is N#Cc1cc(C2=NOC(CN=[N+]=[N-])(OC=C=O)C2)ccc1F. The van der Waals surface area contributed by atoms with E-state index in [0.29, 0.717) is 11.3 Å². The highest BCUT2D eigenvalue weighted by Gasteiger charge is 2.41. The summed E-state index contributed by atoms with van der Waals surface area (Å²) in [5, 5.41) is 16.0. The first-order chi connectivity index (χ1) is 10.6. The van der Waals surface area contributed by atoms with Crippen LogP contribution in [0, 0.1) is 17.1 Å². The van der Waals surface area contributed by atoms with Crippen LogP contribution in [0.3, 0.4) is 0 Å². The standard InChI is InChI=1S/C13H8FN5O3/c14-11-2-1-9(5-10(11)7-15)12-6-13(22-18-12,8-17-19-16)21-4-3-20/h1-2,4-5H,6,8H2. The number of ether oxygens (including phenoxy) is 1. The van der Waals surface area contributed by atoms with Gasteiger partial charge in [-0.3, -0.25) is 0 Å². The van der Waals surface area contributed by atoms with E-state index in [2.05, 4.69) is 15.2 Å². The average molecular weight is 301 g/mol. The van der Waals surface area contributed by atoms with Gasteiger partial charge in [-0.25, -0.2) is 9.18 Å². The second kappa shape index (κ2) is 6.41. The summed E-state index contributed by atoms with van der Waals surface area (Å²) in [6.07, 6.45) is 0.775. The zero-order valence-corrected chi connectivity index (χ0v) is 11.1. The van der Waals surface area contributed by atoms with Crippen molar-refractivity contribution in [3.05, 3.63) is 51.8 Å². The van der Waals surface area contributed by atoms with Crippen molar-refractivity contribution in [2.45, 2.75) is 12.2 Å². The lowest BCUT2D eigenvalue weighted by atomic mass is 10.0. The molecule has 0 aliphatic carbocycles. The van der Waals surface area contributed by atoms with Crippen LogP contribution >= 0.6 is 0 Å². The van der Waals surface area contributed by atoms with Gasteiger partial charge in [0, 0.05) is 10.5 Å². The minimum atomic E-state index is -1.46. The van der Waals surface area contributed by atoms with Crippen LogP contribution in [0.15, 0.2) is 34.7 Å². The van der Waals surface area contributed by atoms with Crippen LogP contribution in [-0.4, -0.2) is 24.0 Å². The molecule has 0 amide bonds. The number of halogens is 1. The molecule has 22 heavy (non-hydrogen) atoms. The molecular formula is C13H8FN5O3. The van der Waals surface area contributed by atoms with E-state index < -0.39 is 11.6 Å². The largest absolute Gasteiger partial charge is 0.446 e. The molecule has 0 spiro atoms. The summed E-state index contributed by atoms with van der Waals surface area (Å²) in [7, 11) is 0. The molecular weight excluding hydrogens is 293 g/mol. The topological polar surface area (TPSA) is 120 Å². The fourth-order valence-electron chi connectivity index (χ4n) is 1.86. The van der Waals surface area contributed by atoms with Crippen molar-refractivity contribution in [2.24, 2.45) is 10.3 Å². The number of carbonyl (C=O) groups excluding carboxylic acids is 1. The van der Waals surface area contributed by atoms with Crippen LogP contribution in [0.25, 0.3) is 10.4 Å². The first-order valence-corrected chi connectivity index (χ1v) is 5.97. The number of hydrogen-bond acceptors (Lipinski definition) is 6. The van der Waals surface area contributed by atoms with E-state index in [4.69, 9.17) is 20.4 Å². The summed E-state index contributed by atoms with van der Waals surface area (Å²) in [5.41, 5.74) is 9.08. The zero-order valence-electron chi connectivity index (χ0n) is 11.1. The van der Waals surface area contributed by atoms with E-state index in [9.17, 15) is 9.18 Å². The monoisotopic (exact) mass is 301 g/mol. The predicted octanol–water partition coefficient (Wildman–Crippen LogP) is 2.19. The smallest absolute Gasteiger partial charge is 0.286 e. The highest BCUT2D eigenvalue weighted by molar-refractivity contribution is 6.01. The van der Waals surface area contributed by atoms with E-state index >= 15 is 0 Å². The summed E-state index contributed by atoms with van der Waals surface area (Å²) < 4.78 is 18.4. The number of oxime groups is 1. The molecule has 0 N–H and O–H groups in total. The van der Waals surface area contributed by atoms with Crippen LogP contribution in [0.2, 0.25) is 0 Å². The number of benzene rings is 1. The molecule has 0 bridgehead atoms. The van der Waals surface area contributed by atoms with E-state index in [0.717, 1.165) is 12.3 Å². The van der Waals surface area contributed by atoms with Gasteiger partial charge in [-0.1, -0.05) is 16.3 Å². The molecule has 9 heteroatoms. The fraction of sp³-hybridized carbons (Fsp3) is 0.231. The first kappa shape index (κ1) is 15.1. The van der Waals surface area contributed by atoms with Gasteiger partial charge in [0.25, 0.3) is 5.79 Å². The zero-order chi connectivity index (χ0) is 16.0. The van der Waals surface area contributed by atoms with Crippen molar-refractivity contribution in [3.8, 4) is 6.07 Å². The summed E-state index contributed by atoms with van der Waals surface area (Å²) >= 11 is 0. The minimum Gasteiger partial charge on any atom is -0.446 e. The molecule has 110 valence electrons. The van der Waals surface area contributed by atoms with Gasteiger partial charge in [0.15, 0.2) is 12.2 Å². The van der Waals surface area contributed by atoms with Crippen LogP contribution in [0.1, 0.15) is 17.5 Å². The molecule has 1 atom stereocenters. The van der Waals surface area contributed by atoms with Gasteiger partial charge < -0.3 is 9.57 Å². The molecule has 0 radical (unpaired) electrons. The summed E-state index contributed by atoms with van der Waals surface area (Å²) in [6, 6.07) is 5.60. The molecule has 0 saturated heterocycles. The third-order valence-electron chi connectivity index (χ3n) is 2.88. The Labute approximate surface area is 123 Å². The van der Waals surface area contributed by atoms with Gasteiger partial charge in [-0.15, -0.1) is 0 Å². The Kier molecular flexibility index (Phi) is 4.39. The van der Waals surface area contributed by atoms with Crippen LogP contribution in [0.5, 0.6) is 0 Å². The molecule has 1 aliphatic heterocycles. The number of rotatable bonds is 5. The maximum Gasteiger partial charge on any atom is 0.286 e. The van der Waals surface area contributed by atoms with Crippen molar-refractivity contribution >= 4 is 11.7 Å². The lowest BCUT2D eigenvalue weighted by Crippen LogP contribution is -2.34. The Bertz CT molecular complexity index is 737. The van der Waals surface area contributed by atoms with Gasteiger partial charge in [-0.2, -0.15) is 5.26 Å². The fourth-order valence-corrected chi connectivity index (χ4v) is 1.86. The van der Waals surface area contributed by atoms with Gasteiger partial charge in [-0.05, 0) is 17.7 Å². The van der Waals surface area contributed by atoms with Crippen LogP contribution in [0.4, 0.5) is 4.39 Å². The predicted molar refractivity (Wildman–Crippen MR) is 71.4 cm³/mol. The Morgan fingerprint density at radius 2 is 2.50 bits per heavy atom. The third-order valence-corrected chi connectivity index (χ3v) is 2.88. The molecule has 1 heterocycles. The van der Waals surface area contributed by atoms with Crippen LogP contribution in [-0.2, 0) is 14.4 Å². The number of nitrogens with zero attached hydrogens (tertiary/aromatic N) is 5. The Morgan fingerprint density at radius 3 is 3.18 bits per heavy atom. The summed E-state index contributed by atoms with van der Waals surface area (Å²) in [4.78, 5) is 18.0. The van der Waals surface area contributed by atoms with E-state index in [-0.39, 0.29) is 18.5 Å². The van der Waals surface area contributed by atoms with Gasteiger partial charge >= 0.3 is 0 Å². The molecule has 1 aromatic rings. The number of nitriles is 1. The van der Waals surface area contributed by atoms with Gasteiger partial charge in [0.05, 0.1) is 17.7 Å². The van der Waals surface area contributed by atoms with Crippen molar-refractivity contribution in [1.82, 2.24) is 0 Å². The number of hydrogen-bond donors (Lipinski definition) is 0. The van der Waals surface area contributed by atoms with Crippen molar-refractivity contribution < 1.29 is 18.8 Å². The summed E-state index contributed by atoms with van der Waals surface area (Å²) in [6.45, 7) is -0.235. The Morgan fingerprint density at radius 1 is 1.68 bits per heavy atom. The van der Waals surface area contributed by atoms with Crippen molar-refractivity contribution in [2.75, 3.05) is 6.54 Å². The van der Waals surface area contributed by atoms with E-state index in [1.165, 1.54) is 18.1 Å². The lowest BCUT2D eigenvalue weighted by Gasteiger charge is -2.22. The molecule has 2 rings (SSSR count). The van der Waals surface area contributed by atoms with Crippen molar-refractivity contribution in [1.29, 1.82) is 5.26 Å². The molecule has 1 unspecified atom stereocenters. The second-order valence-electron chi connectivity index (χ2n) is 4.27. The molecule has 0 fully saturated rings. The normalized spacial score (nSPS) is 19.0. The Balaban J connectivity index is 2.27. The number of azide groups is 1. The molecule has 0 saturated carbocycles. The quantitative estimate of drug-likeness (QED) is 0.272. The maximum atomic E-state index is 13.3. The highest BCUT2D eigenvalue weighted by atomic mass is 19.1. The van der Waals surface area contributed by atoms with Gasteiger partial charge in [0.2, 0.25) is 0 Å². The van der Waals surface area contributed by atoms with E-state index in [1.807, 2.05) is 0 Å². The first-order valence-electron chi connectivity index (χ1n) is 5.97. The van der Waals surface area contributed by atoms with Crippen LogP contribution < -0.4 is 0 Å². The maximum absolute atomic E-state index is 13.3. The lowest BCUT2D eigenvalue weighted by molar-refractivity contribution is -0.181. The summed E-state index contributed by atoms with van der Waals surface area (Å²) in [5.74, 6) is -0.685. The third kappa shape index (κ3) is 3.04. The Hall–Kier alpha value is -3.33. The second-order valence-corrected chi connectivity index (χ2v) is 4.27. The van der Waals surface area contributed by atoms with Crippen molar-refractivity contribution in [3.63, 3.8) is 0 Å². The van der Waals surface area contributed by atoms with Gasteiger partial charge in [0.1, 0.15) is 18.4 Å². The minimum absolute atomic E-state index is 0.0424. The molecule has 1 aliphatic rings. The highest BCUT2D eigenvalue weighted by Crippen LogP contribution is 2.29.